The molecule has 0 aliphatic heterocycles. The summed E-state index contributed by atoms with van der Waals surface area (Å²) in [5.41, 5.74) is 6.12. The standard InChI is InChI=1S/C12H18N2O2S/c1-9-7-10(9)8-14(2)17(15,16)12-5-3-11(13)4-6-12/h3-6,9-10H,7-8,13H2,1-2H3. The maximum absolute atomic E-state index is 12.2. The Morgan fingerprint density at radius 2 is 1.88 bits per heavy atom. The lowest BCUT2D eigenvalue weighted by Crippen LogP contribution is -2.29. The van der Waals surface area contributed by atoms with Gasteiger partial charge in [-0.3, -0.25) is 0 Å². The summed E-state index contributed by atoms with van der Waals surface area (Å²) in [5, 5.41) is 0. The van der Waals surface area contributed by atoms with E-state index in [1.807, 2.05) is 0 Å². The van der Waals surface area contributed by atoms with Crippen molar-refractivity contribution in [1.82, 2.24) is 4.31 Å². The highest BCUT2D eigenvalue weighted by molar-refractivity contribution is 7.89. The Hall–Kier alpha value is -1.07. The normalized spacial score (nSPS) is 23.9. The molecule has 94 valence electrons. The number of nitrogens with zero attached hydrogens (tertiary/aromatic N) is 1. The summed E-state index contributed by atoms with van der Waals surface area (Å²) in [4.78, 5) is 0.308. The first kappa shape index (κ1) is 12.4. The Bertz CT molecular complexity index is 496. The molecular weight excluding hydrogens is 236 g/mol. The molecule has 0 amide bonds. The second-order valence-electron chi connectivity index (χ2n) is 4.83. The zero-order chi connectivity index (χ0) is 12.6. The SMILES string of the molecule is CC1CC1CN(C)S(=O)(=O)c1ccc(N)cc1. The predicted molar refractivity (Wildman–Crippen MR) is 67.9 cm³/mol. The third-order valence-corrected chi connectivity index (χ3v) is 5.19. The second kappa shape index (κ2) is 4.31. The van der Waals surface area contributed by atoms with Gasteiger partial charge in [-0.15, -0.1) is 0 Å². The van der Waals surface area contributed by atoms with Crippen molar-refractivity contribution < 1.29 is 8.42 Å². The molecule has 2 atom stereocenters. The fraction of sp³-hybridized carbons (Fsp3) is 0.500. The van der Waals surface area contributed by atoms with Gasteiger partial charge in [0.15, 0.2) is 0 Å². The lowest BCUT2D eigenvalue weighted by Gasteiger charge is -2.17. The lowest BCUT2D eigenvalue weighted by molar-refractivity contribution is 0.444. The van der Waals surface area contributed by atoms with Gasteiger partial charge in [0.05, 0.1) is 4.90 Å². The fourth-order valence-corrected chi connectivity index (χ4v) is 3.13. The maximum atomic E-state index is 12.2. The maximum Gasteiger partial charge on any atom is 0.242 e. The van der Waals surface area contributed by atoms with Crippen LogP contribution in [-0.2, 0) is 10.0 Å². The number of rotatable bonds is 4. The molecule has 0 radical (unpaired) electrons. The van der Waals surface area contributed by atoms with Gasteiger partial charge in [-0.2, -0.15) is 0 Å². The highest BCUT2D eigenvalue weighted by Crippen LogP contribution is 2.38. The summed E-state index contributed by atoms with van der Waals surface area (Å²) in [6.45, 7) is 2.75. The number of hydrogen-bond donors (Lipinski definition) is 1. The first-order chi connectivity index (χ1) is 7.91. The van der Waals surface area contributed by atoms with Crippen LogP contribution in [0, 0.1) is 11.8 Å². The molecular formula is C12H18N2O2S. The van der Waals surface area contributed by atoms with E-state index < -0.39 is 10.0 Å². The van der Waals surface area contributed by atoms with Crippen LogP contribution in [0.4, 0.5) is 5.69 Å². The number of hydrogen-bond acceptors (Lipinski definition) is 3. The van der Waals surface area contributed by atoms with E-state index in [2.05, 4.69) is 6.92 Å². The molecule has 1 fully saturated rings. The molecule has 1 aliphatic carbocycles. The van der Waals surface area contributed by atoms with Gasteiger partial charge in [-0.25, -0.2) is 12.7 Å². The molecule has 17 heavy (non-hydrogen) atoms. The molecule has 2 unspecified atom stereocenters. The summed E-state index contributed by atoms with van der Waals surface area (Å²) in [7, 11) is -1.72. The van der Waals surface area contributed by atoms with E-state index in [4.69, 9.17) is 5.73 Å². The van der Waals surface area contributed by atoms with Crippen LogP contribution >= 0.6 is 0 Å². The van der Waals surface area contributed by atoms with E-state index in [0.29, 0.717) is 29.0 Å². The van der Waals surface area contributed by atoms with Gasteiger partial charge in [-0.1, -0.05) is 6.92 Å². The topological polar surface area (TPSA) is 63.4 Å². The van der Waals surface area contributed by atoms with Crippen molar-refractivity contribution in [1.29, 1.82) is 0 Å². The molecule has 0 saturated heterocycles. The highest BCUT2D eigenvalue weighted by atomic mass is 32.2. The fourth-order valence-electron chi connectivity index (χ4n) is 1.90. The van der Waals surface area contributed by atoms with Crippen LogP contribution in [0.15, 0.2) is 29.2 Å². The van der Waals surface area contributed by atoms with Gasteiger partial charge in [0.1, 0.15) is 0 Å². The van der Waals surface area contributed by atoms with E-state index in [9.17, 15) is 8.42 Å². The average molecular weight is 254 g/mol. The third kappa shape index (κ3) is 2.61. The Balaban J connectivity index is 2.14. The lowest BCUT2D eigenvalue weighted by atomic mass is 10.3. The van der Waals surface area contributed by atoms with Crippen molar-refractivity contribution in [3.8, 4) is 0 Å². The van der Waals surface area contributed by atoms with Crippen LogP contribution in [0.2, 0.25) is 0 Å². The minimum absolute atomic E-state index is 0.308. The monoisotopic (exact) mass is 254 g/mol. The van der Waals surface area contributed by atoms with Gasteiger partial charge in [0.2, 0.25) is 10.0 Å². The van der Waals surface area contributed by atoms with Crippen molar-refractivity contribution >= 4 is 15.7 Å². The molecule has 0 spiro atoms. The van der Waals surface area contributed by atoms with Gasteiger partial charge in [0, 0.05) is 19.3 Å². The first-order valence-corrected chi connectivity index (χ1v) is 7.17. The van der Waals surface area contributed by atoms with Crippen molar-refractivity contribution in [2.45, 2.75) is 18.2 Å². The molecule has 2 N–H and O–H groups in total. The average Bonchev–Trinajstić information content (AvgIpc) is 2.94. The summed E-state index contributed by atoms with van der Waals surface area (Å²) in [6.07, 6.45) is 1.13. The van der Waals surface area contributed by atoms with E-state index >= 15 is 0 Å². The summed E-state index contributed by atoms with van der Waals surface area (Å²) < 4.78 is 25.8. The molecule has 1 aromatic rings. The molecule has 1 aromatic carbocycles. The smallest absolute Gasteiger partial charge is 0.242 e. The summed E-state index contributed by atoms with van der Waals surface area (Å²) >= 11 is 0. The molecule has 5 heteroatoms. The van der Waals surface area contributed by atoms with Crippen LogP contribution in [-0.4, -0.2) is 26.3 Å². The minimum Gasteiger partial charge on any atom is -0.399 e. The highest BCUT2D eigenvalue weighted by Gasteiger charge is 2.36. The summed E-state index contributed by atoms with van der Waals surface area (Å²) in [5.74, 6) is 1.17. The van der Waals surface area contributed by atoms with Crippen LogP contribution in [0.1, 0.15) is 13.3 Å². The zero-order valence-electron chi connectivity index (χ0n) is 10.1. The van der Waals surface area contributed by atoms with Gasteiger partial charge < -0.3 is 5.73 Å². The molecule has 0 heterocycles. The van der Waals surface area contributed by atoms with E-state index in [1.54, 1.807) is 31.3 Å². The number of nitrogen functional groups attached to an aromatic ring is 1. The Kier molecular flexibility index (Phi) is 3.14. The minimum atomic E-state index is -3.36. The van der Waals surface area contributed by atoms with E-state index in [0.717, 1.165) is 6.42 Å². The molecule has 1 saturated carbocycles. The van der Waals surface area contributed by atoms with Gasteiger partial charge in [0.25, 0.3) is 0 Å². The number of nitrogens with two attached hydrogens (primary N) is 1. The quantitative estimate of drug-likeness (QED) is 0.829. The van der Waals surface area contributed by atoms with Gasteiger partial charge >= 0.3 is 0 Å². The first-order valence-electron chi connectivity index (χ1n) is 5.73. The van der Waals surface area contributed by atoms with Crippen molar-refractivity contribution in [3.63, 3.8) is 0 Å². The Labute approximate surface area is 102 Å². The van der Waals surface area contributed by atoms with Crippen molar-refractivity contribution in [3.05, 3.63) is 24.3 Å². The van der Waals surface area contributed by atoms with Crippen LogP contribution in [0.25, 0.3) is 0 Å². The van der Waals surface area contributed by atoms with Gasteiger partial charge in [-0.05, 0) is 42.5 Å². The van der Waals surface area contributed by atoms with Crippen LogP contribution < -0.4 is 5.73 Å². The summed E-state index contributed by atoms with van der Waals surface area (Å²) in [6, 6.07) is 6.33. The largest absolute Gasteiger partial charge is 0.399 e. The number of benzene rings is 1. The second-order valence-corrected chi connectivity index (χ2v) is 6.87. The van der Waals surface area contributed by atoms with Crippen LogP contribution in [0.5, 0.6) is 0 Å². The number of anilines is 1. The molecule has 0 bridgehead atoms. The van der Waals surface area contributed by atoms with Crippen molar-refractivity contribution in [2.75, 3.05) is 19.3 Å². The van der Waals surface area contributed by atoms with E-state index in [-0.39, 0.29) is 0 Å². The molecule has 4 nitrogen and oxygen atoms in total. The molecule has 2 rings (SSSR count). The Morgan fingerprint density at radius 1 is 1.35 bits per heavy atom. The van der Waals surface area contributed by atoms with Crippen LogP contribution in [0.3, 0.4) is 0 Å². The number of sulfonamides is 1. The molecule has 0 aromatic heterocycles. The third-order valence-electron chi connectivity index (χ3n) is 3.36. The molecule has 1 aliphatic rings. The predicted octanol–water partition coefficient (Wildman–Crippen LogP) is 1.55. The van der Waals surface area contributed by atoms with E-state index in [1.165, 1.54) is 4.31 Å². The Morgan fingerprint density at radius 3 is 2.35 bits per heavy atom. The van der Waals surface area contributed by atoms with Crippen molar-refractivity contribution in [2.24, 2.45) is 11.8 Å². The zero-order valence-corrected chi connectivity index (χ0v) is 10.9.